The molecule has 8 nitrogen and oxygen atoms in total. The van der Waals surface area contributed by atoms with Gasteiger partial charge < -0.3 is 21.1 Å². The number of nitrogens with one attached hydrogen (secondary N) is 2. The fraction of sp³-hybridized carbons (Fsp3) is 0.444. The Morgan fingerprint density at radius 2 is 2.12 bits per heavy atom. The summed E-state index contributed by atoms with van der Waals surface area (Å²) in [5.41, 5.74) is 6.40. The summed E-state index contributed by atoms with van der Waals surface area (Å²) >= 11 is 0. The highest BCUT2D eigenvalue weighted by molar-refractivity contribution is 5.85. The van der Waals surface area contributed by atoms with Crippen molar-refractivity contribution in [3.63, 3.8) is 0 Å². The first-order chi connectivity index (χ1) is 12.4. The van der Waals surface area contributed by atoms with Crippen molar-refractivity contribution in [3.05, 3.63) is 23.9 Å². The first-order valence-corrected chi connectivity index (χ1v) is 8.33. The van der Waals surface area contributed by atoms with Gasteiger partial charge in [0.2, 0.25) is 11.8 Å². The number of hydrogen-bond acceptors (Lipinski definition) is 6. The summed E-state index contributed by atoms with van der Waals surface area (Å²) in [6.45, 7) is 1.71. The second kappa shape index (κ2) is 11.5. The van der Waals surface area contributed by atoms with Crippen LogP contribution in [0.3, 0.4) is 0 Å². The van der Waals surface area contributed by atoms with Gasteiger partial charge in [-0.05, 0) is 31.9 Å². The lowest BCUT2D eigenvalue weighted by Gasteiger charge is -2.12. The van der Waals surface area contributed by atoms with Gasteiger partial charge in [0, 0.05) is 12.1 Å². The molecule has 1 aromatic heterocycles. The molecule has 26 heavy (non-hydrogen) atoms. The molecule has 0 aliphatic heterocycles. The average Bonchev–Trinajstić information content (AvgIpc) is 2.59. The summed E-state index contributed by atoms with van der Waals surface area (Å²) in [5.74, 6) is 1.53. The third-order valence-corrected chi connectivity index (χ3v) is 3.32. The lowest BCUT2D eigenvalue weighted by molar-refractivity contribution is -0.143. The Balaban J connectivity index is 2.25. The Morgan fingerprint density at radius 1 is 1.35 bits per heavy atom. The number of nitrogen functional groups attached to an aromatic ring is 1. The Bertz CT molecular complexity index is 669. The van der Waals surface area contributed by atoms with Crippen LogP contribution in [0.2, 0.25) is 0 Å². The third kappa shape index (κ3) is 8.68. The van der Waals surface area contributed by atoms with Gasteiger partial charge in [-0.15, -0.1) is 6.42 Å². The van der Waals surface area contributed by atoms with E-state index in [1.54, 1.807) is 19.1 Å². The number of pyridine rings is 1. The minimum atomic E-state index is -0.770. The molecule has 4 N–H and O–H groups in total. The Kier molecular flexibility index (Phi) is 9.25. The van der Waals surface area contributed by atoms with Crippen LogP contribution in [0.25, 0.3) is 0 Å². The number of amides is 2. The normalized spacial score (nSPS) is 11.1. The van der Waals surface area contributed by atoms with Crippen molar-refractivity contribution in [1.29, 1.82) is 0 Å². The van der Waals surface area contributed by atoms with Gasteiger partial charge in [-0.25, -0.2) is 4.98 Å². The van der Waals surface area contributed by atoms with E-state index in [0.29, 0.717) is 18.7 Å². The first-order valence-electron chi connectivity index (χ1n) is 8.33. The molecule has 140 valence electrons. The number of anilines is 1. The Hall–Kier alpha value is -3.08. The number of nitrogens with zero attached hydrogens (tertiary/aromatic N) is 1. The van der Waals surface area contributed by atoms with E-state index in [2.05, 4.69) is 21.5 Å². The molecule has 1 atom stereocenters. The van der Waals surface area contributed by atoms with Crippen LogP contribution < -0.4 is 16.4 Å². The van der Waals surface area contributed by atoms with Crippen molar-refractivity contribution in [3.8, 4) is 12.3 Å². The molecular weight excluding hydrogens is 336 g/mol. The molecule has 0 bridgehead atoms. The minimum Gasteiger partial charge on any atom is -0.466 e. The highest BCUT2D eigenvalue weighted by Gasteiger charge is 2.15. The lowest BCUT2D eigenvalue weighted by atomic mass is 10.1. The van der Waals surface area contributed by atoms with E-state index in [4.69, 9.17) is 16.9 Å². The predicted octanol–water partition coefficient (Wildman–Crippen LogP) is 0.174. The van der Waals surface area contributed by atoms with Gasteiger partial charge in [0.25, 0.3) is 0 Å². The molecule has 0 spiro atoms. The van der Waals surface area contributed by atoms with Crippen LogP contribution in [0, 0.1) is 12.3 Å². The number of ether oxygens (including phenoxy) is 1. The number of terminal acetylenes is 1. The average molecular weight is 360 g/mol. The molecule has 0 saturated heterocycles. The topological polar surface area (TPSA) is 123 Å². The van der Waals surface area contributed by atoms with E-state index < -0.39 is 17.9 Å². The maximum absolute atomic E-state index is 11.8. The summed E-state index contributed by atoms with van der Waals surface area (Å²) in [6.07, 6.45) is 6.62. The van der Waals surface area contributed by atoms with Crippen molar-refractivity contribution in [2.24, 2.45) is 0 Å². The van der Waals surface area contributed by atoms with Crippen molar-refractivity contribution >= 4 is 23.6 Å². The highest BCUT2D eigenvalue weighted by Crippen LogP contribution is 2.05. The second-order valence-corrected chi connectivity index (χ2v) is 5.48. The van der Waals surface area contributed by atoms with Crippen LogP contribution in [-0.4, -0.2) is 42.0 Å². The number of rotatable bonds is 10. The summed E-state index contributed by atoms with van der Waals surface area (Å²) in [7, 11) is 0. The van der Waals surface area contributed by atoms with Crippen molar-refractivity contribution in [2.75, 3.05) is 18.9 Å². The molecule has 2 amide bonds. The van der Waals surface area contributed by atoms with Crippen molar-refractivity contribution in [1.82, 2.24) is 15.6 Å². The number of carbonyl (C=O) groups is 3. The smallest absolute Gasteiger partial charge is 0.308 e. The van der Waals surface area contributed by atoms with Gasteiger partial charge in [0.05, 0.1) is 19.6 Å². The van der Waals surface area contributed by atoms with E-state index >= 15 is 0 Å². The largest absolute Gasteiger partial charge is 0.466 e. The molecular formula is C18H24N4O4. The van der Waals surface area contributed by atoms with Crippen LogP contribution in [0.15, 0.2) is 18.2 Å². The molecule has 0 radical (unpaired) electrons. The van der Waals surface area contributed by atoms with Gasteiger partial charge in [-0.3, -0.25) is 14.4 Å². The Labute approximate surface area is 152 Å². The van der Waals surface area contributed by atoms with Crippen LogP contribution in [0.1, 0.15) is 31.9 Å². The second-order valence-electron chi connectivity index (χ2n) is 5.48. The number of aromatic nitrogens is 1. The summed E-state index contributed by atoms with van der Waals surface area (Å²) < 4.78 is 4.77. The zero-order valence-corrected chi connectivity index (χ0v) is 14.8. The van der Waals surface area contributed by atoms with Crippen molar-refractivity contribution < 1.29 is 19.1 Å². The quantitative estimate of drug-likeness (QED) is 0.404. The summed E-state index contributed by atoms with van der Waals surface area (Å²) in [4.78, 5) is 39.1. The molecule has 0 aliphatic rings. The minimum absolute atomic E-state index is 0.114. The molecule has 1 aromatic rings. The van der Waals surface area contributed by atoms with Gasteiger partial charge in [-0.2, -0.15) is 0 Å². The molecule has 1 rings (SSSR count). The first kappa shape index (κ1) is 21.0. The Morgan fingerprint density at radius 3 is 2.77 bits per heavy atom. The number of aryl methyl sites for hydroxylation is 1. The monoisotopic (exact) mass is 360 g/mol. The molecule has 1 heterocycles. The van der Waals surface area contributed by atoms with Crippen molar-refractivity contribution in [2.45, 2.75) is 38.6 Å². The molecule has 0 aliphatic carbocycles. The zero-order chi connectivity index (χ0) is 19.4. The summed E-state index contributed by atoms with van der Waals surface area (Å²) in [5, 5.41) is 4.99. The molecule has 0 fully saturated rings. The zero-order valence-electron chi connectivity index (χ0n) is 14.8. The molecule has 1 unspecified atom stereocenters. The van der Waals surface area contributed by atoms with Crippen LogP contribution >= 0.6 is 0 Å². The fourth-order valence-corrected chi connectivity index (χ4v) is 2.12. The van der Waals surface area contributed by atoms with Crippen LogP contribution in [0.5, 0.6) is 0 Å². The summed E-state index contributed by atoms with van der Waals surface area (Å²) in [6, 6.07) is 4.57. The fourth-order valence-electron chi connectivity index (χ4n) is 2.12. The van der Waals surface area contributed by atoms with Gasteiger partial charge in [-0.1, -0.05) is 12.0 Å². The molecule has 0 saturated carbocycles. The third-order valence-electron chi connectivity index (χ3n) is 3.32. The lowest BCUT2D eigenvalue weighted by Crippen LogP contribution is -2.42. The SMILES string of the molecule is C#CC(CC(=O)OCC)NC(=O)CNC(=O)CCCc1cccc(N)n1. The number of carbonyl (C=O) groups excluding carboxylic acids is 3. The van der Waals surface area contributed by atoms with E-state index in [1.807, 2.05) is 6.07 Å². The maximum atomic E-state index is 11.8. The number of hydrogen-bond donors (Lipinski definition) is 3. The van der Waals surface area contributed by atoms with Crippen LogP contribution in [0.4, 0.5) is 5.82 Å². The standard InChI is InChI=1S/C18H24N4O4/c1-3-13(11-18(25)26-4-2)22-17(24)12-20-16(23)10-6-8-14-7-5-9-15(19)21-14/h1,5,7,9,13H,4,6,8,10-12H2,2H3,(H2,19,21)(H,20,23)(H,22,24). The van der Waals surface area contributed by atoms with Gasteiger partial charge >= 0.3 is 5.97 Å². The van der Waals surface area contributed by atoms with Crippen LogP contribution in [-0.2, 0) is 25.5 Å². The molecule has 8 heteroatoms. The van der Waals surface area contributed by atoms with E-state index in [-0.39, 0.29) is 31.9 Å². The number of nitrogens with two attached hydrogens (primary N) is 1. The van der Waals surface area contributed by atoms with Gasteiger partial charge in [0.15, 0.2) is 0 Å². The highest BCUT2D eigenvalue weighted by atomic mass is 16.5. The maximum Gasteiger partial charge on any atom is 0.308 e. The van der Waals surface area contributed by atoms with Gasteiger partial charge in [0.1, 0.15) is 11.9 Å². The number of esters is 1. The predicted molar refractivity (Wildman–Crippen MR) is 96.6 cm³/mol. The van der Waals surface area contributed by atoms with E-state index in [0.717, 1.165) is 5.69 Å². The molecule has 0 aromatic carbocycles. The van der Waals surface area contributed by atoms with E-state index in [9.17, 15) is 14.4 Å². The van der Waals surface area contributed by atoms with E-state index in [1.165, 1.54) is 0 Å².